The lowest BCUT2D eigenvalue weighted by Gasteiger charge is -2.18. The van der Waals surface area contributed by atoms with E-state index >= 15 is 0 Å². The second-order valence-electron chi connectivity index (χ2n) is 4.48. The van der Waals surface area contributed by atoms with Gasteiger partial charge in [0.05, 0.1) is 11.6 Å². The Kier molecular flexibility index (Phi) is 3.81. The molecule has 2 aromatic carbocycles. The topological polar surface area (TPSA) is 44.1 Å². The molecule has 0 unspecified atom stereocenters. The SMILES string of the molecule is Cc1cc(F)ccc1C(=O)N(C)c1ccc(C#N)cc1. The molecule has 0 aliphatic rings. The Morgan fingerprint density at radius 1 is 1.20 bits per heavy atom. The highest BCUT2D eigenvalue weighted by atomic mass is 19.1. The lowest BCUT2D eigenvalue weighted by molar-refractivity contribution is 0.0992. The fourth-order valence-electron chi connectivity index (χ4n) is 1.92. The first-order valence-electron chi connectivity index (χ1n) is 6.07. The Bertz CT molecular complexity index is 687. The zero-order valence-corrected chi connectivity index (χ0v) is 11.2. The predicted molar refractivity (Wildman–Crippen MR) is 75.0 cm³/mol. The Balaban J connectivity index is 2.30. The third-order valence-corrected chi connectivity index (χ3v) is 3.11. The maximum Gasteiger partial charge on any atom is 0.258 e. The van der Waals surface area contributed by atoms with E-state index in [1.165, 1.54) is 23.1 Å². The predicted octanol–water partition coefficient (Wildman–Crippen LogP) is 3.28. The van der Waals surface area contributed by atoms with E-state index in [0.717, 1.165) is 0 Å². The van der Waals surface area contributed by atoms with E-state index in [-0.39, 0.29) is 11.7 Å². The number of carbonyl (C=O) groups is 1. The molecule has 4 heteroatoms. The molecule has 0 spiro atoms. The zero-order valence-electron chi connectivity index (χ0n) is 11.2. The van der Waals surface area contributed by atoms with Gasteiger partial charge in [-0.05, 0) is 55.0 Å². The summed E-state index contributed by atoms with van der Waals surface area (Å²) in [5.74, 6) is -0.577. The Labute approximate surface area is 116 Å². The number of aryl methyl sites for hydroxylation is 1. The maximum absolute atomic E-state index is 13.1. The number of rotatable bonds is 2. The molecule has 2 rings (SSSR count). The highest BCUT2D eigenvalue weighted by molar-refractivity contribution is 6.06. The van der Waals surface area contributed by atoms with Crippen molar-refractivity contribution in [3.63, 3.8) is 0 Å². The highest BCUT2D eigenvalue weighted by Crippen LogP contribution is 2.18. The van der Waals surface area contributed by atoms with Crippen LogP contribution in [0, 0.1) is 24.1 Å². The van der Waals surface area contributed by atoms with E-state index in [0.29, 0.717) is 22.4 Å². The quantitative estimate of drug-likeness (QED) is 0.839. The van der Waals surface area contributed by atoms with Gasteiger partial charge < -0.3 is 4.90 Å². The molecule has 0 saturated heterocycles. The molecule has 20 heavy (non-hydrogen) atoms. The van der Waals surface area contributed by atoms with Crippen LogP contribution in [0.2, 0.25) is 0 Å². The van der Waals surface area contributed by atoms with Gasteiger partial charge in [-0.2, -0.15) is 5.26 Å². The minimum absolute atomic E-state index is 0.216. The molecule has 0 N–H and O–H groups in total. The second-order valence-corrected chi connectivity index (χ2v) is 4.48. The fraction of sp³-hybridized carbons (Fsp3) is 0.125. The van der Waals surface area contributed by atoms with Crippen LogP contribution in [0.15, 0.2) is 42.5 Å². The first kappa shape index (κ1) is 13.8. The van der Waals surface area contributed by atoms with Gasteiger partial charge in [-0.1, -0.05) is 0 Å². The molecule has 1 amide bonds. The van der Waals surface area contributed by atoms with Crippen LogP contribution in [-0.4, -0.2) is 13.0 Å². The summed E-state index contributed by atoms with van der Waals surface area (Å²) >= 11 is 0. The van der Waals surface area contributed by atoms with E-state index in [9.17, 15) is 9.18 Å². The third-order valence-electron chi connectivity index (χ3n) is 3.11. The summed E-state index contributed by atoms with van der Waals surface area (Å²) in [6.07, 6.45) is 0. The van der Waals surface area contributed by atoms with Crippen LogP contribution in [0.25, 0.3) is 0 Å². The van der Waals surface area contributed by atoms with Gasteiger partial charge in [-0.3, -0.25) is 4.79 Å². The van der Waals surface area contributed by atoms with Crippen molar-refractivity contribution in [3.05, 3.63) is 65.0 Å². The van der Waals surface area contributed by atoms with Gasteiger partial charge in [0.25, 0.3) is 5.91 Å². The van der Waals surface area contributed by atoms with E-state index in [1.54, 1.807) is 38.2 Å². The van der Waals surface area contributed by atoms with Crippen molar-refractivity contribution >= 4 is 11.6 Å². The number of hydrogen-bond donors (Lipinski definition) is 0. The molecule has 0 radical (unpaired) electrons. The minimum Gasteiger partial charge on any atom is -0.311 e. The standard InChI is InChI=1S/C16H13FN2O/c1-11-9-13(17)5-8-15(11)16(20)19(2)14-6-3-12(10-18)4-7-14/h3-9H,1-2H3. The molecule has 0 atom stereocenters. The van der Waals surface area contributed by atoms with E-state index in [2.05, 4.69) is 0 Å². The van der Waals surface area contributed by atoms with Crippen LogP contribution in [-0.2, 0) is 0 Å². The Morgan fingerprint density at radius 3 is 2.40 bits per heavy atom. The summed E-state index contributed by atoms with van der Waals surface area (Å²) in [6, 6.07) is 12.8. The number of nitrogens with zero attached hydrogens (tertiary/aromatic N) is 2. The van der Waals surface area contributed by atoms with Crippen molar-refractivity contribution in [2.45, 2.75) is 6.92 Å². The molecular weight excluding hydrogens is 255 g/mol. The maximum atomic E-state index is 13.1. The van der Waals surface area contributed by atoms with Crippen LogP contribution >= 0.6 is 0 Å². The van der Waals surface area contributed by atoms with Crippen LogP contribution in [0.5, 0.6) is 0 Å². The molecule has 0 aromatic heterocycles. The number of halogens is 1. The van der Waals surface area contributed by atoms with Crippen LogP contribution < -0.4 is 4.90 Å². The zero-order chi connectivity index (χ0) is 14.7. The number of amides is 1. The molecule has 0 saturated carbocycles. The molecular formula is C16H13FN2O. The summed E-state index contributed by atoms with van der Waals surface area (Å²) in [5.41, 5.74) is 2.26. The van der Waals surface area contributed by atoms with Gasteiger partial charge >= 0.3 is 0 Å². The molecule has 0 bridgehead atoms. The smallest absolute Gasteiger partial charge is 0.258 e. The molecule has 0 aliphatic heterocycles. The molecule has 0 aliphatic carbocycles. The second kappa shape index (κ2) is 5.54. The van der Waals surface area contributed by atoms with Crippen LogP contribution in [0.3, 0.4) is 0 Å². The third kappa shape index (κ3) is 2.67. The lowest BCUT2D eigenvalue weighted by atomic mass is 10.1. The molecule has 100 valence electrons. The van der Waals surface area contributed by atoms with Crippen molar-refractivity contribution in [2.75, 3.05) is 11.9 Å². The number of benzene rings is 2. The van der Waals surface area contributed by atoms with Crippen molar-refractivity contribution in [3.8, 4) is 6.07 Å². The van der Waals surface area contributed by atoms with Crippen molar-refractivity contribution in [2.24, 2.45) is 0 Å². The average Bonchev–Trinajstić information content (AvgIpc) is 2.46. The summed E-state index contributed by atoms with van der Waals surface area (Å²) in [5, 5.41) is 8.75. The van der Waals surface area contributed by atoms with Crippen LogP contribution in [0.1, 0.15) is 21.5 Å². The van der Waals surface area contributed by atoms with E-state index < -0.39 is 0 Å². The molecule has 3 nitrogen and oxygen atoms in total. The number of carbonyl (C=O) groups excluding carboxylic acids is 1. The minimum atomic E-state index is -0.361. The highest BCUT2D eigenvalue weighted by Gasteiger charge is 2.15. The summed E-state index contributed by atoms with van der Waals surface area (Å²) in [4.78, 5) is 13.8. The van der Waals surface area contributed by atoms with E-state index in [4.69, 9.17) is 5.26 Å². The Hall–Kier alpha value is -2.67. The van der Waals surface area contributed by atoms with Crippen molar-refractivity contribution < 1.29 is 9.18 Å². The van der Waals surface area contributed by atoms with Crippen LogP contribution in [0.4, 0.5) is 10.1 Å². The summed E-state index contributed by atoms with van der Waals surface area (Å²) in [6.45, 7) is 1.70. The normalized spacial score (nSPS) is 9.90. The lowest BCUT2D eigenvalue weighted by Crippen LogP contribution is -2.26. The van der Waals surface area contributed by atoms with Gasteiger partial charge in [-0.25, -0.2) is 4.39 Å². The number of nitriles is 1. The number of anilines is 1. The molecule has 0 heterocycles. The van der Waals surface area contributed by atoms with Crippen molar-refractivity contribution in [1.82, 2.24) is 0 Å². The van der Waals surface area contributed by atoms with Gasteiger partial charge in [0.2, 0.25) is 0 Å². The fourth-order valence-corrected chi connectivity index (χ4v) is 1.92. The van der Waals surface area contributed by atoms with E-state index in [1.807, 2.05) is 6.07 Å². The van der Waals surface area contributed by atoms with Gasteiger partial charge in [0.15, 0.2) is 0 Å². The monoisotopic (exact) mass is 268 g/mol. The average molecular weight is 268 g/mol. The van der Waals surface area contributed by atoms with Gasteiger partial charge in [-0.15, -0.1) is 0 Å². The first-order chi connectivity index (χ1) is 9.52. The first-order valence-corrected chi connectivity index (χ1v) is 6.07. The summed E-state index contributed by atoms with van der Waals surface area (Å²) < 4.78 is 13.1. The van der Waals surface area contributed by atoms with Gasteiger partial charge in [0, 0.05) is 18.3 Å². The van der Waals surface area contributed by atoms with Crippen molar-refractivity contribution in [1.29, 1.82) is 5.26 Å². The molecule has 2 aromatic rings. The van der Waals surface area contributed by atoms with Gasteiger partial charge in [0.1, 0.15) is 5.82 Å². The number of hydrogen-bond acceptors (Lipinski definition) is 2. The largest absolute Gasteiger partial charge is 0.311 e. The summed E-state index contributed by atoms with van der Waals surface area (Å²) in [7, 11) is 1.65. The Morgan fingerprint density at radius 2 is 1.85 bits per heavy atom. The molecule has 0 fully saturated rings.